The molecule has 2 unspecified atom stereocenters. The number of hydrogen-bond acceptors (Lipinski definition) is 7. The van der Waals surface area contributed by atoms with Crippen LogP contribution in [0.15, 0.2) is 54.0 Å². The molecule has 2 fully saturated rings. The molecule has 2 aromatic carbocycles. The van der Waals surface area contributed by atoms with Crippen LogP contribution in [-0.4, -0.2) is 52.4 Å². The van der Waals surface area contributed by atoms with E-state index in [1.165, 1.54) is 0 Å². The minimum Gasteiger partial charge on any atom is -0.494 e. The summed E-state index contributed by atoms with van der Waals surface area (Å²) in [6.45, 7) is 5.42. The Morgan fingerprint density at radius 2 is 2.12 bits per heavy atom. The molecule has 2 aliphatic heterocycles. The molecule has 0 bridgehead atoms. The van der Waals surface area contributed by atoms with Crippen LogP contribution >= 0.6 is 11.3 Å². The molecule has 0 radical (unpaired) electrons. The molecule has 3 aromatic rings. The third kappa shape index (κ3) is 4.86. The Morgan fingerprint density at radius 1 is 1.29 bits per heavy atom. The van der Waals surface area contributed by atoms with Crippen LogP contribution in [0.25, 0.3) is 10.4 Å². The predicted molar refractivity (Wildman–Crippen MR) is 130 cm³/mol. The van der Waals surface area contributed by atoms with Crippen LogP contribution in [-0.2, 0) is 16.1 Å². The van der Waals surface area contributed by atoms with Crippen molar-refractivity contribution < 1.29 is 19.4 Å². The molecule has 3 heterocycles. The molecule has 7 nitrogen and oxygen atoms in total. The molecule has 2 saturated heterocycles. The number of aliphatic hydroxyl groups is 1. The Hall–Kier alpha value is -2.78. The smallest absolute Gasteiger partial charge is 0.237 e. The molecule has 8 heteroatoms. The number of carbonyl (C=O) groups excluding carboxylic acids is 1. The Morgan fingerprint density at radius 3 is 2.85 bits per heavy atom. The first-order valence-electron chi connectivity index (χ1n) is 11.6. The SMILES string of the molecule is CCOc1cccc(C2OC2N2C[C@H](O)C[C@H]2C(=O)NCc2ccc(-c3scnc3C)cc2)c1. The van der Waals surface area contributed by atoms with Crippen LogP contribution in [0.3, 0.4) is 0 Å². The fourth-order valence-corrected chi connectivity index (χ4v) is 5.40. The number of aryl methyl sites for hydroxylation is 1. The van der Waals surface area contributed by atoms with Crippen molar-refractivity contribution >= 4 is 17.2 Å². The van der Waals surface area contributed by atoms with E-state index in [1.54, 1.807) is 11.3 Å². The third-order valence-corrected chi connectivity index (χ3v) is 7.32. The number of aliphatic hydroxyl groups excluding tert-OH is 1. The lowest BCUT2D eigenvalue weighted by molar-refractivity contribution is -0.126. The summed E-state index contributed by atoms with van der Waals surface area (Å²) in [5.41, 5.74) is 6.05. The lowest BCUT2D eigenvalue weighted by atomic mass is 10.1. The number of amides is 1. The van der Waals surface area contributed by atoms with Crippen molar-refractivity contribution in [2.75, 3.05) is 13.2 Å². The van der Waals surface area contributed by atoms with E-state index in [9.17, 15) is 9.90 Å². The highest BCUT2D eigenvalue weighted by Gasteiger charge is 2.51. The standard InChI is InChI=1S/C26H29N3O4S/c1-3-32-21-6-4-5-19(11-21)23-26(33-23)29-14-20(30)12-22(29)25(31)27-13-17-7-9-18(10-8-17)24-16(2)28-15-34-24/h4-11,15,20,22-23,26,30H,3,12-14H2,1-2H3,(H,27,31)/t20-,22+,23?,26?/m1/s1. The van der Waals surface area contributed by atoms with Crippen LogP contribution in [0.1, 0.15) is 36.3 Å². The van der Waals surface area contributed by atoms with Crippen molar-refractivity contribution in [3.63, 3.8) is 0 Å². The summed E-state index contributed by atoms with van der Waals surface area (Å²) >= 11 is 1.63. The maximum absolute atomic E-state index is 13.0. The third-order valence-electron chi connectivity index (χ3n) is 6.34. The van der Waals surface area contributed by atoms with E-state index in [2.05, 4.69) is 22.4 Å². The molecule has 1 aromatic heterocycles. The molecule has 2 N–H and O–H groups in total. The van der Waals surface area contributed by atoms with Gasteiger partial charge in [0.05, 0.1) is 34.8 Å². The number of thiazole rings is 1. The molecular formula is C26H29N3O4S. The number of likely N-dealkylation sites (tertiary alicyclic amines) is 1. The second-order valence-corrected chi connectivity index (χ2v) is 9.59. The lowest BCUT2D eigenvalue weighted by Gasteiger charge is -2.21. The van der Waals surface area contributed by atoms with E-state index in [4.69, 9.17) is 9.47 Å². The number of rotatable bonds is 8. The largest absolute Gasteiger partial charge is 0.494 e. The summed E-state index contributed by atoms with van der Waals surface area (Å²) in [5.74, 6) is 0.720. The van der Waals surface area contributed by atoms with Crippen molar-refractivity contribution in [2.45, 2.75) is 51.3 Å². The van der Waals surface area contributed by atoms with Gasteiger partial charge in [0.15, 0.2) is 0 Å². The van der Waals surface area contributed by atoms with Crippen LogP contribution in [0, 0.1) is 6.92 Å². The summed E-state index contributed by atoms with van der Waals surface area (Å²) in [4.78, 5) is 20.5. The Labute approximate surface area is 203 Å². The van der Waals surface area contributed by atoms with Crippen LogP contribution < -0.4 is 10.1 Å². The Bertz CT molecular complexity index is 1150. The van der Waals surface area contributed by atoms with Crippen LogP contribution in [0.5, 0.6) is 5.75 Å². The second-order valence-electron chi connectivity index (χ2n) is 8.74. The zero-order chi connectivity index (χ0) is 23.7. The van der Waals surface area contributed by atoms with Crippen LogP contribution in [0.2, 0.25) is 0 Å². The normalized spacial score (nSPS) is 24.2. The number of nitrogens with one attached hydrogen (secondary N) is 1. The van der Waals surface area contributed by atoms with E-state index in [0.29, 0.717) is 26.1 Å². The Kier molecular flexibility index (Phi) is 6.65. The van der Waals surface area contributed by atoms with E-state index in [-0.39, 0.29) is 18.2 Å². The average molecular weight is 480 g/mol. The number of nitrogens with zero attached hydrogens (tertiary/aromatic N) is 2. The fraction of sp³-hybridized carbons (Fsp3) is 0.385. The molecule has 2 aliphatic rings. The molecule has 34 heavy (non-hydrogen) atoms. The zero-order valence-electron chi connectivity index (χ0n) is 19.3. The average Bonchev–Trinajstić information content (AvgIpc) is 3.37. The summed E-state index contributed by atoms with van der Waals surface area (Å²) in [7, 11) is 0. The summed E-state index contributed by atoms with van der Waals surface area (Å²) in [6, 6.07) is 15.6. The number of ether oxygens (including phenoxy) is 2. The van der Waals surface area contributed by atoms with E-state index >= 15 is 0 Å². The van der Waals surface area contributed by atoms with Gasteiger partial charge in [0.25, 0.3) is 0 Å². The van der Waals surface area contributed by atoms with Gasteiger partial charge in [-0.3, -0.25) is 9.69 Å². The molecule has 0 spiro atoms. The second kappa shape index (κ2) is 9.84. The Balaban J connectivity index is 1.20. The first-order chi connectivity index (χ1) is 16.5. The van der Waals surface area contributed by atoms with E-state index < -0.39 is 12.1 Å². The van der Waals surface area contributed by atoms with Gasteiger partial charge >= 0.3 is 0 Å². The van der Waals surface area contributed by atoms with Crippen molar-refractivity contribution in [3.05, 3.63) is 70.9 Å². The fourth-order valence-electron chi connectivity index (χ4n) is 4.59. The minimum atomic E-state index is -0.544. The van der Waals surface area contributed by atoms with Gasteiger partial charge in [0, 0.05) is 13.1 Å². The number of aromatic nitrogens is 1. The molecule has 5 rings (SSSR count). The number of carbonyl (C=O) groups is 1. The summed E-state index contributed by atoms with van der Waals surface area (Å²) in [6.07, 6.45) is -0.478. The number of benzene rings is 2. The van der Waals surface area contributed by atoms with Gasteiger partial charge in [-0.25, -0.2) is 4.98 Å². The van der Waals surface area contributed by atoms with Gasteiger partial charge in [-0.05, 0) is 49.1 Å². The molecule has 0 saturated carbocycles. The summed E-state index contributed by atoms with van der Waals surface area (Å²) < 4.78 is 11.5. The van der Waals surface area contributed by atoms with Crippen molar-refractivity contribution in [1.29, 1.82) is 0 Å². The number of epoxide rings is 1. The van der Waals surface area contributed by atoms with Crippen molar-refractivity contribution in [2.24, 2.45) is 0 Å². The maximum Gasteiger partial charge on any atom is 0.237 e. The minimum absolute atomic E-state index is 0.0868. The van der Waals surface area contributed by atoms with Crippen molar-refractivity contribution in [3.8, 4) is 16.2 Å². The molecule has 178 valence electrons. The topological polar surface area (TPSA) is 87.2 Å². The highest BCUT2D eigenvalue weighted by Crippen LogP contribution is 2.44. The van der Waals surface area contributed by atoms with E-state index in [0.717, 1.165) is 33.0 Å². The maximum atomic E-state index is 13.0. The highest BCUT2D eigenvalue weighted by molar-refractivity contribution is 7.13. The van der Waals surface area contributed by atoms with Gasteiger partial charge in [0.2, 0.25) is 5.91 Å². The van der Waals surface area contributed by atoms with Gasteiger partial charge in [-0.15, -0.1) is 11.3 Å². The number of β-amino-alcohol motifs (C(OH)–C–C–N with tert-alkyl or cyclic N) is 1. The van der Waals surface area contributed by atoms with Gasteiger partial charge in [0.1, 0.15) is 18.1 Å². The van der Waals surface area contributed by atoms with Gasteiger partial charge in [-0.1, -0.05) is 36.4 Å². The first-order valence-corrected chi connectivity index (χ1v) is 12.5. The molecule has 4 atom stereocenters. The molecular weight excluding hydrogens is 450 g/mol. The van der Waals surface area contributed by atoms with Gasteiger partial charge in [-0.2, -0.15) is 0 Å². The quantitative estimate of drug-likeness (QED) is 0.480. The van der Waals surface area contributed by atoms with Gasteiger partial charge < -0.3 is 19.9 Å². The molecule has 0 aliphatic carbocycles. The lowest BCUT2D eigenvalue weighted by Crippen LogP contribution is -2.44. The highest BCUT2D eigenvalue weighted by atomic mass is 32.1. The van der Waals surface area contributed by atoms with Crippen molar-refractivity contribution in [1.82, 2.24) is 15.2 Å². The van der Waals surface area contributed by atoms with Crippen LogP contribution in [0.4, 0.5) is 0 Å². The zero-order valence-corrected chi connectivity index (χ0v) is 20.1. The number of hydrogen-bond donors (Lipinski definition) is 2. The van der Waals surface area contributed by atoms with E-state index in [1.807, 2.05) is 60.7 Å². The summed E-state index contributed by atoms with van der Waals surface area (Å²) in [5, 5.41) is 13.3. The monoisotopic (exact) mass is 479 g/mol. The predicted octanol–water partition coefficient (Wildman–Crippen LogP) is 3.67. The first kappa shape index (κ1) is 23.0. The molecule has 1 amide bonds.